The molecule has 1 amide bonds. The molecule has 0 N–H and O–H groups in total. The molecular weight excluding hydrogens is 297 g/mol. The largest absolute Gasteiger partial charge is 0.444 e. The van der Waals surface area contributed by atoms with Crippen LogP contribution in [0.1, 0.15) is 43.8 Å². The maximum atomic E-state index is 13.6. The van der Waals surface area contributed by atoms with Crippen LogP contribution < -0.4 is 0 Å². The third-order valence-corrected chi connectivity index (χ3v) is 3.76. The number of hydrogen-bond donors (Lipinski definition) is 0. The van der Waals surface area contributed by atoms with E-state index < -0.39 is 23.7 Å². The first-order valence-corrected chi connectivity index (χ1v) is 7.52. The number of aromatic nitrogens is 2. The highest BCUT2D eigenvalue weighted by atomic mass is 19.1. The van der Waals surface area contributed by atoms with Gasteiger partial charge in [0.25, 0.3) is 0 Å². The van der Waals surface area contributed by atoms with Crippen molar-refractivity contribution in [3.63, 3.8) is 0 Å². The van der Waals surface area contributed by atoms with Gasteiger partial charge in [-0.25, -0.2) is 9.78 Å². The van der Waals surface area contributed by atoms with E-state index in [1.807, 2.05) is 45.0 Å². The van der Waals surface area contributed by atoms with Gasteiger partial charge in [-0.2, -0.15) is 4.39 Å². The minimum Gasteiger partial charge on any atom is -0.444 e. The molecule has 1 aliphatic rings. The van der Waals surface area contributed by atoms with E-state index in [0.29, 0.717) is 12.4 Å². The SMILES string of the molecule is Cn1cc(F)nc1C1c2ccccc2CN1C(=O)OC(C)(C)C. The maximum absolute atomic E-state index is 13.6. The minimum absolute atomic E-state index is 0.421. The lowest BCUT2D eigenvalue weighted by Gasteiger charge is -2.28. The Morgan fingerprint density at radius 1 is 1.35 bits per heavy atom. The van der Waals surface area contributed by atoms with Crippen LogP contribution >= 0.6 is 0 Å². The van der Waals surface area contributed by atoms with Gasteiger partial charge in [-0.15, -0.1) is 0 Å². The number of nitrogens with zero attached hydrogens (tertiary/aromatic N) is 3. The summed E-state index contributed by atoms with van der Waals surface area (Å²) in [5, 5.41) is 0. The number of amides is 1. The first-order valence-electron chi connectivity index (χ1n) is 7.52. The van der Waals surface area contributed by atoms with Gasteiger partial charge in [-0.05, 0) is 31.9 Å². The van der Waals surface area contributed by atoms with Gasteiger partial charge in [0.15, 0.2) is 0 Å². The highest BCUT2D eigenvalue weighted by molar-refractivity contribution is 5.71. The zero-order valence-corrected chi connectivity index (χ0v) is 13.7. The van der Waals surface area contributed by atoms with Crippen molar-refractivity contribution >= 4 is 6.09 Å². The molecule has 122 valence electrons. The third kappa shape index (κ3) is 2.93. The van der Waals surface area contributed by atoms with E-state index in [4.69, 9.17) is 4.74 Å². The van der Waals surface area contributed by atoms with Crippen LogP contribution in [0.15, 0.2) is 30.5 Å². The Morgan fingerprint density at radius 2 is 2.04 bits per heavy atom. The lowest BCUT2D eigenvalue weighted by atomic mass is 10.0. The maximum Gasteiger partial charge on any atom is 0.411 e. The summed E-state index contributed by atoms with van der Waals surface area (Å²) < 4.78 is 20.7. The van der Waals surface area contributed by atoms with Crippen LogP contribution in [0.2, 0.25) is 0 Å². The predicted molar refractivity (Wildman–Crippen MR) is 83.2 cm³/mol. The van der Waals surface area contributed by atoms with Crippen LogP contribution in [0.3, 0.4) is 0 Å². The Balaban J connectivity index is 2.03. The first kappa shape index (κ1) is 15.5. The Labute approximate surface area is 134 Å². The number of carbonyl (C=O) groups is 1. The van der Waals surface area contributed by atoms with Crippen molar-refractivity contribution in [2.75, 3.05) is 0 Å². The van der Waals surface area contributed by atoms with E-state index in [0.717, 1.165) is 11.1 Å². The van der Waals surface area contributed by atoms with Crippen LogP contribution in [0.25, 0.3) is 0 Å². The van der Waals surface area contributed by atoms with E-state index in [2.05, 4.69) is 4.98 Å². The second-order valence-corrected chi connectivity index (χ2v) is 6.74. The Kier molecular flexibility index (Phi) is 3.62. The topological polar surface area (TPSA) is 47.4 Å². The van der Waals surface area contributed by atoms with E-state index in [-0.39, 0.29) is 0 Å². The summed E-state index contributed by atoms with van der Waals surface area (Å²) in [7, 11) is 1.72. The number of fused-ring (bicyclic) bond motifs is 1. The normalized spacial score (nSPS) is 17.3. The van der Waals surface area contributed by atoms with Gasteiger partial charge in [-0.1, -0.05) is 24.3 Å². The summed E-state index contributed by atoms with van der Waals surface area (Å²) >= 11 is 0. The number of aryl methyl sites for hydroxylation is 1. The number of hydrogen-bond acceptors (Lipinski definition) is 3. The molecule has 1 aliphatic heterocycles. The van der Waals surface area contributed by atoms with Crippen LogP contribution in [-0.4, -0.2) is 26.1 Å². The fraction of sp³-hybridized carbons (Fsp3) is 0.412. The second-order valence-electron chi connectivity index (χ2n) is 6.74. The Morgan fingerprint density at radius 3 is 2.65 bits per heavy atom. The molecule has 0 spiro atoms. The van der Waals surface area contributed by atoms with E-state index in [9.17, 15) is 9.18 Å². The van der Waals surface area contributed by atoms with Crippen LogP contribution in [0.5, 0.6) is 0 Å². The summed E-state index contributed by atoms with van der Waals surface area (Å²) in [5.74, 6) is -0.0747. The molecule has 2 aromatic rings. The smallest absolute Gasteiger partial charge is 0.411 e. The van der Waals surface area contributed by atoms with Gasteiger partial charge in [-0.3, -0.25) is 4.90 Å². The fourth-order valence-corrected chi connectivity index (χ4v) is 2.85. The van der Waals surface area contributed by atoms with Crippen LogP contribution in [0.4, 0.5) is 9.18 Å². The molecular formula is C17H20FN3O2. The fourth-order valence-electron chi connectivity index (χ4n) is 2.85. The number of halogens is 1. The van der Waals surface area contributed by atoms with Gasteiger partial charge in [0.2, 0.25) is 5.95 Å². The van der Waals surface area contributed by atoms with Crippen molar-refractivity contribution < 1.29 is 13.9 Å². The van der Waals surface area contributed by atoms with Crippen molar-refractivity contribution in [3.05, 3.63) is 53.4 Å². The molecule has 6 heteroatoms. The molecule has 5 nitrogen and oxygen atoms in total. The number of imidazole rings is 1. The number of carbonyl (C=O) groups excluding carboxylic acids is 1. The zero-order valence-electron chi connectivity index (χ0n) is 13.7. The molecule has 0 fully saturated rings. The molecule has 0 aliphatic carbocycles. The quantitative estimate of drug-likeness (QED) is 0.810. The summed E-state index contributed by atoms with van der Waals surface area (Å²) in [6, 6.07) is 7.29. The molecule has 23 heavy (non-hydrogen) atoms. The average Bonchev–Trinajstić information content (AvgIpc) is 2.96. The van der Waals surface area contributed by atoms with Gasteiger partial charge >= 0.3 is 6.09 Å². The standard InChI is InChI=1S/C17H20FN3O2/c1-17(2,3)23-16(22)21-9-11-7-5-6-8-12(11)14(21)15-19-13(18)10-20(15)4/h5-8,10,14H,9H2,1-4H3. The Bertz CT molecular complexity index is 749. The van der Waals surface area contributed by atoms with Crippen LogP contribution in [0, 0.1) is 5.95 Å². The van der Waals surface area contributed by atoms with E-state index in [1.165, 1.54) is 6.20 Å². The monoisotopic (exact) mass is 317 g/mol. The van der Waals surface area contributed by atoms with Crippen molar-refractivity contribution in [2.45, 2.75) is 39.0 Å². The predicted octanol–water partition coefficient (Wildman–Crippen LogP) is 3.40. The average molecular weight is 317 g/mol. The van der Waals surface area contributed by atoms with Gasteiger partial charge < -0.3 is 9.30 Å². The molecule has 0 saturated heterocycles. The van der Waals surface area contributed by atoms with Gasteiger partial charge in [0.05, 0.1) is 12.7 Å². The zero-order chi connectivity index (χ0) is 16.8. The summed E-state index contributed by atoms with van der Waals surface area (Å²) in [6.07, 6.45) is 0.880. The first-order chi connectivity index (χ1) is 10.8. The Hall–Kier alpha value is -2.37. The van der Waals surface area contributed by atoms with Gasteiger partial charge in [0, 0.05) is 7.05 Å². The van der Waals surface area contributed by atoms with E-state index in [1.54, 1.807) is 16.5 Å². The molecule has 1 aromatic heterocycles. The van der Waals surface area contributed by atoms with Crippen molar-refractivity contribution in [3.8, 4) is 0 Å². The lowest BCUT2D eigenvalue weighted by Crippen LogP contribution is -2.36. The van der Waals surface area contributed by atoms with Crippen LogP contribution in [-0.2, 0) is 18.3 Å². The van der Waals surface area contributed by atoms with Gasteiger partial charge in [0.1, 0.15) is 17.5 Å². The lowest BCUT2D eigenvalue weighted by molar-refractivity contribution is 0.0195. The molecule has 2 heterocycles. The molecule has 1 aromatic carbocycles. The molecule has 0 saturated carbocycles. The molecule has 0 radical (unpaired) electrons. The third-order valence-electron chi connectivity index (χ3n) is 3.76. The molecule has 1 atom stereocenters. The molecule has 3 rings (SSSR count). The number of ether oxygens (including phenoxy) is 1. The number of benzene rings is 1. The minimum atomic E-state index is -0.594. The highest BCUT2D eigenvalue weighted by Gasteiger charge is 2.39. The van der Waals surface area contributed by atoms with Crippen molar-refractivity contribution in [1.82, 2.24) is 14.5 Å². The van der Waals surface area contributed by atoms with Crippen molar-refractivity contribution in [1.29, 1.82) is 0 Å². The highest BCUT2D eigenvalue weighted by Crippen LogP contribution is 2.38. The summed E-state index contributed by atoms with van der Waals surface area (Å²) in [4.78, 5) is 18.2. The number of rotatable bonds is 1. The molecule has 0 bridgehead atoms. The summed E-state index contributed by atoms with van der Waals surface area (Å²) in [5.41, 5.74) is 1.38. The van der Waals surface area contributed by atoms with Crippen molar-refractivity contribution in [2.24, 2.45) is 7.05 Å². The summed E-state index contributed by atoms with van der Waals surface area (Å²) in [6.45, 7) is 5.89. The second kappa shape index (κ2) is 5.37. The molecule has 1 unspecified atom stereocenters. The van der Waals surface area contributed by atoms with E-state index >= 15 is 0 Å².